The zero-order valence-corrected chi connectivity index (χ0v) is 14.2. The van der Waals surface area contributed by atoms with Crippen molar-refractivity contribution in [3.8, 4) is 5.75 Å². The minimum Gasteiger partial charge on any atom is -0.480 e. The van der Waals surface area contributed by atoms with Gasteiger partial charge >= 0.3 is 0 Å². The van der Waals surface area contributed by atoms with Gasteiger partial charge in [0.15, 0.2) is 6.10 Å². The summed E-state index contributed by atoms with van der Waals surface area (Å²) in [6, 6.07) is 15.8. The van der Waals surface area contributed by atoms with Crippen LogP contribution in [0.3, 0.4) is 0 Å². The van der Waals surface area contributed by atoms with E-state index in [1.165, 1.54) is 5.56 Å². The molecule has 23 heavy (non-hydrogen) atoms. The predicted molar refractivity (Wildman–Crippen MR) is 95.2 cm³/mol. The standard InChI is InChI=1S/C18H18ClNO2S/c19-15-6-7-16-14(10-15)11-17(22-16)18(21)20-8-9-23-12-13-4-2-1-3-5-13/h1-7,10,17H,8-9,11-12H2,(H,20,21)/t17-/m1/s1. The molecule has 1 atom stereocenters. The molecule has 0 fully saturated rings. The number of fused-ring (bicyclic) bond motifs is 1. The topological polar surface area (TPSA) is 38.3 Å². The number of hydrogen-bond acceptors (Lipinski definition) is 3. The highest BCUT2D eigenvalue weighted by Gasteiger charge is 2.28. The van der Waals surface area contributed by atoms with Gasteiger partial charge in [-0.15, -0.1) is 0 Å². The van der Waals surface area contributed by atoms with E-state index in [4.69, 9.17) is 16.3 Å². The van der Waals surface area contributed by atoms with Crippen LogP contribution >= 0.6 is 23.4 Å². The van der Waals surface area contributed by atoms with Crippen molar-refractivity contribution < 1.29 is 9.53 Å². The molecule has 3 nitrogen and oxygen atoms in total. The van der Waals surface area contributed by atoms with Gasteiger partial charge in [-0.1, -0.05) is 41.9 Å². The third-order valence-electron chi connectivity index (χ3n) is 3.65. The SMILES string of the molecule is O=C(NCCSCc1ccccc1)[C@H]1Cc2cc(Cl)ccc2O1. The Hall–Kier alpha value is -1.65. The maximum Gasteiger partial charge on any atom is 0.261 e. The Bertz CT molecular complexity index is 678. The maximum atomic E-state index is 12.2. The molecule has 0 aromatic heterocycles. The van der Waals surface area contributed by atoms with E-state index in [1.54, 1.807) is 6.07 Å². The van der Waals surface area contributed by atoms with Crippen molar-refractivity contribution in [1.29, 1.82) is 0 Å². The highest BCUT2D eigenvalue weighted by molar-refractivity contribution is 7.98. The Labute approximate surface area is 145 Å². The number of thioether (sulfide) groups is 1. The van der Waals surface area contributed by atoms with Crippen LogP contribution in [0.25, 0.3) is 0 Å². The van der Waals surface area contributed by atoms with Gasteiger partial charge in [0.05, 0.1) is 0 Å². The Morgan fingerprint density at radius 1 is 1.26 bits per heavy atom. The van der Waals surface area contributed by atoms with Crippen molar-refractivity contribution in [2.24, 2.45) is 0 Å². The molecule has 0 spiro atoms. The smallest absolute Gasteiger partial charge is 0.261 e. The second-order valence-corrected chi connectivity index (χ2v) is 6.93. The summed E-state index contributed by atoms with van der Waals surface area (Å²) in [5, 5.41) is 3.61. The van der Waals surface area contributed by atoms with E-state index in [-0.39, 0.29) is 5.91 Å². The first-order valence-corrected chi connectivity index (χ1v) is 9.10. The predicted octanol–water partition coefficient (Wildman–Crippen LogP) is 3.69. The van der Waals surface area contributed by atoms with Crippen LogP contribution in [0.4, 0.5) is 0 Å². The molecule has 2 aromatic rings. The summed E-state index contributed by atoms with van der Waals surface area (Å²) in [7, 11) is 0. The Kier molecular flexibility index (Phi) is 5.47. The van der Waals surface area contributed by atoms with Crippen molar-refractivity contribution in [1.82, 2.24) is 5.32 Å². The molecule has 0 bridgehead atoms. The zero-order chi connectivity index (χ0) is 16.1. The molecule has 0 radical (unpaired) electrons. The first-order chi connectivity index (χ1) is 11.2. The molecule has 1 aliphatic heterocycles. The van der Waals surface area contributed by atoms with Crippen LogP contribution in [-0.4, -0.2) is 24.3 Å². The van der Waals surface area contributed by atoms with E-state index >= 15 is 0 Å². The van der Waals surface area contributed by atoms with Crippen LogP contribution < -0.4 is 10.1 Å². The Morgan fingerprint density at radius 3 is 2.91 bits per heavy atom. The lowest BCUT2D eigenvalue weighted by atomic mass is 10.1. The van der Waals surface area contributed by atoms with Gasteiger partial charge in [-0.2, -0.15) is 11.8 Å². The summed E-state index contributed by atoms with van der Waals surface area (Å²) < 4.78 is 5.67. The quantitative estimate of drug-likeness (QED) is 0.810. The van der Waals surface area contributed by atoms with E-state index < -0.39 is 6.10 Å². The molecule has 0 saturated heterocycles. The molecule has 0 saturated carbocycles. The average molecular weight is 348 g/mol. The number of carbonyl (C=O) groups excluding carboxylic acids is 1. The number of amides is 1. The van der Waals surface area contributed by atoms with Gasteiger partial charge in [0, 0.05) is 29.5 Å². The third kappa shape index (κ3) is 4.43. The first-order valence-electron chi connectivity index (χ1n) is 7.57. The Morgan fingerprint density at radius 2 is 2.09 bits per heavy atom. The van der Waals surface area contributed by atoms with Crippen molar-refractivity contribution in [3.63, 3.8) is 0 Å². The third-order valence-corrected chi connectivity index (χ3v) is 4.91. The molecular formula is C18H18ClNO2S. The lowest BCUT2D eigenvalue weighted by Gasteiger charge is -2.11. The van der Waals surface area contributed by atoms with Gasteiger partial charge in [0.25, 0.3) is 5.91 Å². The van der Waals surface area contributed by atoms with E-state index in [0.717, 1.165) is 22.8 Å². The number of hydrogen-bond donors (Lipinski definition) is 1. The maximum absolute atomic E-state index is 12.2. The molecule has 1 aliphatic rings. The zero-order valence-electron chi connectivity index (χ0n) is 12.6. The molecule has 0 unspecified atom stereocenters. The fourth-order valence-corrected chi connectivity index (χ4v) is 3.50. The largest absolute Gasteiger partial charge is 0.480 e. The molecule has 1 heterocycles. The second-order valence-electron chi connectivity index (χ2n) is 5.39. The van der Waals surface area contributed by atoms with E-state index in [9.17, 15) is 4.79 Å². The summed E-state index contributed by atoms with van der Waals surface area (Å²) in [5.41, 5.74) is 2.30. The summed E-state index contributed by atoms with van der Waals surface area (Å²) in [6.45, 7) is 0.646. The molecule has 1 amide bonds. The molecular weight excluding hydrogens is 330 g/mol. The van der Waals surface area contributed by atoms with Crippen molar-refractivity contribution in [2.45, 2.75) is 18.3 Å². The molecule has 120 valence electrons. The first kappa shape index (κ1) is 16.2. The lowest BCUT2D eigenvalue weighted by molar-refractivity contribution is -0.127. The lowest BCUT2D eigenvalue weighted by Crippen LogP contribution is -2.38. The number of halogens is 1. The normalized spacial score (nSPS) is 15.8. The fraction of sp³-hybridized carbons (Fsp3) is 0.278. The van der Waals surface area contributed by atoms with Crippen molar-refractivity contribution in [2.75, 3.05) is 12.3 Å². The summed E-state index contributed by atoms with van der Waals surface area (Å²) in [4.78, 5) is 12.2. The summed E-state index contributed by atoms with van der Waals surface area (Å²) in [5.74, 6) is 2.54. The molecule has 1 N–H and O–H groups in total. The minimum atomic E-state index is -0.442. The van der Waals surface area contributed by atoms with Crippen LogP contribution in [-0.2, 0) is 17.0 Å². The van der Waals surface area contributed by atoms with E-state index in [0.29, 0.717) is 18.0 Å². The van der Waals surface area contributed by atoms with Crippen molar-refractivity contribution in [3.05, 3.63) is 64.7 Å². The Balaban J connectivity index is 1.38. The van der Waals surface area contributed by atoms with Gasteiger partial charge < -0.3 is 10.1 Å². The monoisotopic (exact) mass is 347 g/mol. The van der Waals surface area contributed by atoms with Gasteiger partial charge in [-0.3, -0.25) is 4.79 Å². The van der Waals surface area contributed by atoms with Crippen molar-refractivity contribution >= 4 is 29.3 Å². The number of ether oxygens (including phenoxy) is 1. The van der Waals surface area contributed by atoms with Crippen LogP contribution in [0.1, 0.15) is 11.1 Å². The molecule has 3 rings (SSSR count). The summed E-state index contributed by atoms with van der Waals surface area (Å²) in [6.07, 6.45) is 0.140. The number of carbonyl (C=O) groups is 1. The van der Waals surface area contributed by atoms with Gasteiger partial charge in [0.2, 0.25) is 0 Å². The number of nitrogens with one attached hydrogen (secondary N) is 1. The van der Waals surface area contributed by atoms with Gasteiger partial charge in [-0.25, -0.2) is 0 Å². The highest BCUT2D eigenvalue weighted by Crippen LogP contribution is 2.31. The molecule has 5 heteroatoms. The molecule has 2 aromatic carbocycles. The number of benzene rings is 2. The van der Waals surface area contributed by atoms with Gasteiger partial charge in [0.1, 0.15) is 5.75 Å². The van der Waals surface area contributed by atoms with E-state index in [1.807, 2.05) is 42.1 Å². The summed E-state index contributed by atoms with van der Waals surface area (Å²) >= 11 is 7.77. The minimum absolute atomic E-state index is 0.0577. The van der Waals surface area contributed by atoms with Gasteiger partial charge in [-0.05, 0) is 29.3 Å². The average Bonchev–Trinajstić information content (AvgIpc) is 2.98. The highest BCUT2D eigenvalue weighted by atomic mass is 35.5. The van der Waals surface area contributed by atoms with E-state index in [2.05, 4.69) is 17.4 Å². The molecule has 0 aliphatic carbocycles. The van der Waals surface area contributed by atoms with Crippen LogP contribution in [0.15, 0.2) is 48.5 Å². The second kappa shape index (κ2) is 7.75. The van der Waals surface area contributed by atoms with Crippen LogP contribution in [0, 0.1) is 0 Å². The van der Waals surface area contributed by atoms with Crippen LogP contribution in [0.2, 0.25) is 5.02 Å². The fourth-order valence-electron chi connectivity index (χ4n) is 2.49. The van der Waals surface area contributed by atoms with Crippen LogP contribution in [0.5, 0.6) is 5.75 Å². The number of rotatable bonds is 6.